The van der Waals surface area contributed by atoms with Crippen LogP contribution >= 0.6 is 0 Å². The number of hydrogen-bond donors (Lipinski definition) is 4. The van der Waals surface area contributed by atoms with E-state index >= 15 is 0 Å². The van der Waals surface area contributed by atoms with Crippen LogP contribution in [0.25, 0.3) is 0 Å². The fourth-order valence-corrected chi connectivity index (χ4v) is 8.19. The molecule has 1 aliphatic rings. The standard InChI is InChI=1S/C50H92O12S/c1-3-5-7-9-11-13-15-16-17-18-19-20-21-22-23-24-25-26-27-28-29-30-32-34-36-38-40-58-42-44(60-46(52)39-37-35-33-31-14-12-10-8-6-4-2)43-59-50-48(54)49(62-63(55,56)57)47(53)45(41-51)61-50/h15-16,18-19,21-22,44-45,47-51,53-54H,3-14,17,20,23-43H2,1-2H3,(H,55,56,57)/b16-15-,19-18-,22-21-. The van der Waals surface area contributed by atoms with Gasteiger partial charge in [-0.3, -0.25) is 9.35 Å². The van der Waals surface area contributed by atoms with Gasteiger partial charge in [0.25, 0.3) is 0 Å². The van der Waals surface area contributed by atoms with Crippen LogP contribution in [0.2, 0.25) is 0 Å². The fourth-order valence-electron chi connectivity index (χ4n) is 7.68. The van der Waals surface area contributed by atoms with E-state index in [-0.39, 0.29) is 19.6 Å². The Balaban J connectivity index is 2.28. The Kier molecular flexibility index (Phi) is 39.3. The third-order valence-corrected chi connectivity index (χ3v) is 12.0. The molecule has 0 saturated carbocycles. The SMILES string of the molecule is CCCCCCC/C=C\C/C=C\C/C=C\CCCCCCCCCCCCCOCC(COC1OC(CO)C(O)C(OS(=O)(=O)O)C1O)OC(=O)CCCCCCCCCCCC. The van der Waals surface area contributed by atoms with E-state index in [2.05, 4.69) is 54.5 Å². The van der Waals surface area contributed by atoms with Gasteiger partial charge >= 0.3 is 16.4 Å². The molecule has 0 aromatic heterocycles. The molecular formula is C50H92O12S. The second-order valence-electron chi connectivity index (χ2n) is 17.4. The second kappa shape index (κ2) is 41.7. The number of ether oxygens (including phenoxy) is 4. The molecule has 13 heteroatoms. The molecule has 1 aliphatic heterocycles. The molecule has 1 rings (SSSR count). The minimum atomic E-state index is -5.06. The molecule has 0 bridgehead atoms. The topological polar surface area (TPSA) is 178 Å². The van der Waals surface area contributed by atoms with Gasteiger partial charge in [0.15, 0.2) is 6.29 Å². The molecule has 6 unspecified atom stereocenters. The predicted octanol–water partition coefficient (Wildman–Crippen LogP) is 11.4. The normalized spacial score (nSPS) is 20.1. The van der Waals surface area contributed by atoms with Crippen molar-refractivity contribution in [1.82, 2.24) is 0 Å². The molecule has 4 N–H and O–H groups in total. The van der Waals surface area contributed by atoms with E-state index in [4.69, 9.17) is 23.5 Å². The lowest BCUT2D eigenvalue weighted by molar-refractivity contribution is -0.301. The lowest BCUT2D eigenvalue weighted by Crippen LogP contribution is -2.60. The molecule has 1 fully saturated rings. The average molecular weight is 917 g/mol. The van der Waals surface area contributed by atoms with Gasteiger partial charge in [0.05, 0.1) is 19.8 Å². The highest BCUT2D eigenvalue weighted by Crippen LogP contribution is 2.26. The second-order valence-corrected chi connectivity index (χ2v) is 18.5. The van der Waals surface area contributed by atoms with Crippen LogP contribution in [-0.4, -0.2) is 97.5 Å². The number of hydrogen-bond acceptors (Lipinski definition) is 11. The molecule has 0 aromatic carbocycles. The summed E-state index contributed by atoms with van der Waals surface area (Å²) in [7, 11) is -5.06. The van der Waals surface area contributed by atoms with Crippen LogP contribution in [-0.2, 0) is 38.3 Å². The Morgan fingerprint density at radius 3 is 1.52 bits per heavy atom. The smallest absolute Gasteiger partial charge is 0.397 e. The lowest BCUT2D eigenvalue weighted by atomic mass is 9.99. The maximum atomic E-state index is 12.8. The number of esters is 1. The zero-order valence-corrected chi connectivity index (χ0v) is 40.5. The van der Waals surface area contributed by atoms with Gasteiger partial charge < -0.3 is 34.3 Å². The molecule has 6 atom stereocenters. The fraction of sp³-hybridized carbons (Fsp3) is 0.860. The third kappa shape index (κ3) is 35.2. The van der Waals surface area contributed by atoms with Gasteiger partial charge in [-0.2, -0.15) is 8.42 Å². The van der Waals surface area contributed by atoms with Crippen molar-refractivity contribution in [1.29, 1.82) is 0 Å². The number of rotatable bonds is 44. The van der Waals surface area contributed by atoms with Crippen LogP contribution in [0, 0.1) is 0 Å². The molecule has 0 spiro atoms. The van der Waals surface area contributed by atoms with E-state index in [0.29, 0.717) is 13.0 Å². The summed E-state index contributed by atoms with van der Waals surface area (Å²) in [5, 5.41) is 30.7. The highest BCUT2D eigenvalue weighted by Gasteiger charge is 2.48. The molecular weight excluding hydrogens is 825 g/mol. The minimum absolute atomic E-state index is 0.0364. The Morgan fingerprint density at radius 2 is 1.05 bits per heavy atom. The molecule has 1 saturated heterocycles. The molecule has 0 aliphatic carbocycles. The van der Waals surface area contributed by atoms with Crippen molar-refractivity contribution in [2.75, 3.05) is 26.4 Å². The van der Waals surface area contributed by atoms with E-state index in [1.165, 1.54) is 135 Å². The Labute approximate surface area is 383 Å². The average Bonchev–Trinajstić information content (AvgIpc) is 3.26. The third-order valence-electron chi connectivity index (χ3n) is 11.5. The molecule has 63 heavy (non-hydrogen) atoms. The van der Waals surface area contributed by atoms with Gasteiger partial charge in [-0.05, 0) is 51.4 Å². The summed E-state index contributed by atoms with van der Waals surface area (Å²) in [5.74, 6) is -0.401. The maximum Gasteiger partial charge on any atom is 0.397 e. The number of carbonyl (C=O) groups is 1. The van der Waals surface area contributed by atoms with Crippen molar-refractivity contribution in [3.63, 3.8) is 0 Å². The first-order chi connectivity index (χ1) is 30.6. The summed E-state index contributed by atoms with van der Waals surface area (Å²) in [6, 6.07) is 0. The summed E-state index contributed by atoms with van der Waals surface area (Å²) in [6.07, 6.45) is 40.5. The van der Waals surface area contributed by atoms with Crippen LogP contribution in [0.4, 0.5) is 0 Å². The Hall–Kier alpha value is -1.68. The van der Waals surface area contributed by atoms with Crippen molar-refractivity contribution < 1.29 is 56.2 Å². The van der Waals surface area contributed by atoms with E-state index in [1.54, 1.807) is 0 Å². The maximum absolute atomic E-state index is 12.8. The minimum Gasteiger partial charge on any atom is -0.457 e. The number of unbranched alkanes of at least 4 members (excludes halogenated alkanes) is 25. The first-order valence-electron chi connectivity index (χ1n) is 25.2. The highest BCUT2D eigenvalue weighted by molar-refractivity contribution is 7.80. The van der Waals surface area contributed by atoms with Crippen molar-refractivity contribution >= 4 is 16.4 Å². The lowest BCUT2D eigenvalue weighted by Gasteiger charge is -2.41. The van der Waals surface area contributed by atoms with Crippen LogP contribution in [0.3, 0.4) is 0 Å². The zero-order chi connectivity index (χ0) is 46.1. The van der Waals surface area contributed by atoms with Gasteiger partial charge in [0.2, 0.25) is 0 Å². The quantitative estimate of drug-likeness (QED) is 0.0197. The van der Waals surface area contributed by atoms with E-state index in [9.17, 15) is 28.5 Å². The molecule has 12 nitrogen and oxygen atoms in total. The summed E-state index contributed by atoms with van der Waals surface area (Å²) in [4.78, 5) is 12.8. The Morgan fingerprint density at radius 1 is 0.603 bits per heavy atom. The number of aliphatic hydroxyl groups is 3. The number of carbonyl (C=O) groups excluding carboxylic acids is 1. The number of allylic oxidation sites excluding steroid dienone is 6. The van der Waals surface area contributed by atoms with E-state index < -0.39 is 59.8 Å². The molecule has 1 heterocycles. The van der Waals surface area contributed by atoms with Crippen molar-refractivity contribution in [2.24, 2.45) is 0 Å². The van der Waals surface area contributed by atoms with Crippen LogP contribution in [0.5, 0.6) is 0 Å². The molecule has 370 valence electrons. The molecule has 0 radical (unpaired) electrons. The highest BCUT2D eigenvalue weighted by atomic mass is 32.3. The molecule has 0 aromatic rings. The zero-order valence-electron chi connectivity index (χ0n) is 39.6. The Bertz CT molecular complexity index is 1240. The van der Waals surface area contributed by atoms with E-state index in [1.807, 2.05) is 0 Å². The van der Waals surface area contributed by atoms with Crippen molar-refractivity contribution in [2.45, 2.75) is 250 Å². The summed E-state index contributed by atoms with van der Waals surface area (Å²) < 4.78 is 59.1. The largest absolute Gasteiger partial charge is 0.457 e. The van der Waals surface area contributed by atoms with Crippen LogP contribution < -0.4 is 0 Å². The van der Waals surface area contributed by atoms with Crippen molar-refractivity contribution in [3.8, 4) is 0 Å². The summed E-state index contributed by atoms with van der Waals surface area (Å²) in [5.41, 5.74) is 0. The van der Waals surface area contributed by atoms with Gasteiger partial charge in [-0.15, -0.1) is 0 Å². The monoisotopic (exact) mass is 917 g/mol. The van der Waals surface area contributed by atoms with Crippen LogP contribution in [0.1, 0.15) is 213 Å². The van der Waals surface area contributed by atoms with Gasteiger partial charge in [-0.25, -0.2) is 4.18 Å². The first-order valence-corrected chi connectivity index (χ1v) is 26.6. The summed E-state index contributed by atoms with van der Waals surface area (Å²) >= 11 is 0. The van der Waals surface area contributed by atoms with E-state index in [0.717, 1.165) is 51.4 Å². The number of aliphatic hydroxyl groups excluding tert-OH is 3. The molecule has 0 amide bonds. The van der Waals surface area contributed by atoms with Crippen LogP contribution in [0.15, 0.2) is 36.5 Å². The summed E-state index contributed by atoms with van der Waals surface area (Å²) in [6.45, 7) is 3.97. The predicted molar refractivity (Wildman–Crippen MR) is 253 cm³/mol. The van der Waals surface area contributed by atoms with Gasteiger partial charge in [0, 0.05) is 13.0 Å². The van der Waals surface area contributed by atoms with Gasteiger partial charge in [0.1, 0.15) is 30.5 Å². The first kappa shape index (κ1) is 59.3. The van der Waals surface area contributed by atoms with Crippen molar-refractivity contribution in [3.05, 3.63) is 36.5 Å². The van der Waals surface area contributed by atoms with Gasteiger partial charge in [-0.1, -0.05) is 192 Å².